The number of aryl methyl sites for hydroxylation is 2. The number of benzene rings is 1. The molecule has 1 atom stereocenters. The first-order valence-corrected chi connectivity index (χ1v) is 6.96. The van der Waals surface area contributed by atoms with Crippen LogP contribution in [0.4, 0.5) is 0 Å². The average Bonchev–Trinajstić information content (AvgIpc) is 2.76. The lowest BCUT2D eigenvalue weighted by molar-refractivity contribution is -0.120. The van der Waals surface area contributed by atoms with E-state index < -0.39 is 0 Å². The van der Waals surface area contributed by atoms with Gasteiger partial charge in [0.1, 0.15) is 5.78 Å². The van der Waals surface area contributed by atoms with E-state index in [-0.39, 0.29) is 11.7 Å². The number of Topliss-reactive ketones (excluding diaryl/α,β-unsaturated/α-hetero) is 1. The van der Waals surface area contributed by atoms with Crippen LogP contribution in [0.3, 0.4) is 0 Å². The van der Waals surface area contributed by atoms with Gasteiger partial charge in [-0.05, 0) is 24.1 Å². The minimum Gasteiger partial charge on any atom is -0.312 e. The topological polar surface area (TPSA) is 46.9 Å². The first kappa shape index (κ1) is 13.1. The molecule has 0 amide bonds. The minimum absolute atomic E-state index is 0.0462. The molecule has 0 saturated carbocycles. The number of rotatable bonds is 3. The number of fused-ring (bicyclic) bond motifs is 1. The van der Waals surface area contributed by atoms with Crippen LogP contribution in [0, 0.1) is 6.92 Å². The Morgan fingerprint density at radius 1 is 1.45 bits per heavy atom. The summed E-state index contributed by atoms with van der Waals surface area (Å²) in [6.07, 6.45) is 0.442. The third kappa shape index (κ3) is 2.39. The SMILES string of the molecule is Cc1cc(CC(=O)C2CNCc3ccccc32)n(C)n1. The van der Waals surface area contributed by atoms with E-state index in [1.807, 2.05) is 32.2 Å². The smallest absolute Gasteiger partial charge is 0.147 e. The van der Waals surface area contributed by atoms with Gasteiger partial charge in [-0.25, -0.2) is 0 Å². The zero-order valence-electron chi connectivity index (χ0n) is 11.9. The molecule has 20 heavy (non-hydrogen) atoms. The molecule has 2 aromatic rings. The Labute approximate surface area is 118 Å². The summed E-state index contributed by atoms with van der Waals surface area (Å²) in [5, 5.41) is 7.64. The van der Waals surface area contributed by atoms with Crippen molar-refractivity contribution in [3.63, 3.8) is 0 Å². The summed E-state index contributed by atoms with van der Waals surface area (Å²) in [4.78, 5) is 12.6. The van der Waals surface area contributed by atoms with Crippen molar-refractivity contribution in [3.05, 3.63) is 52.8 Å². The van der Waals surface area contributed by atoms with Gasteiger partial charge < -0.3 is 5.32 Å². The van der Waals surface area contributed by atoms with E-state index in [4.69, 9.17) is 0 Å². The number of nitrogens with one attached hydrogen (secondary N) is 1. The van der Waals surface area contributed by atoms with Crippen LogP contribution in [-0.4, -0.2) is 22.1 Å². The first-order chi connectivity index (χ1) is 9.65. The molecule has 3 rings (SSSR count). The molecule has 1 aromatic heterocycles. The van der Waals surface area contributed by atoms with Crippen molar-refractivity contribution in [1.82, 2.24) is 15.1 Å². The quantitative estimate of drug-likeness (QED) is 0.923. The number of carbonyl (C=O) groups excluding carboxylic acids is 1. The number of carbonyl (C=O) groups is 1. The highest BCUT2D eigenvalue weighted by Gasteiger charge is 2.26. The summed E-state index contributed by atoms with van der Waals surface area (Å²) in [5.41, 5.74) is 4.35. The molecule has 1 aliphatic heterocycles. The summed E-state index contributed by atoms with van der Waals surface area (Å²) in [6.45, 7) is 3.53. The van der Waals surface area contributed by atoms with E-state index in [2.05, 4.69) is 22.5 Å². The predicted octanol–water partition coefficient (Wildman–Crippen LogP) is 1.73. The van der Waals surface area contributed by atoms with E-state index in [9.17, 15) is 4.79 Å². The van der Waals surface area contributed by atoms with Crippen LogP contribution < -0.4 is 5.32 Å². The fourth-order valence-electron chi connectivity index (χ4n) is 2.91. The minimum atomic E-state index is -0.0462. The molecule has 2 heterocycles. The Hall–Kier alpha value is -1.94. The van der Waals surface area contributed by atoms with E-state index >= 15 is 0 Å². The highest BCUT2D eigenvalue weighted by atomic mass is 16.1. The van der Waals surface area contributed by atoms with Crippen molar-refractivity contribution in [2.45, 2.75) is 25.8 Å². The summed E-state index contributed by atoms with van der Waals surface area (Å²) >= 11 is 0. The normalized spacial score (nSPS) is 17.8. The summed E-state index contributed by atoms with van der Waals surface area (Å²) in [5.74, 6) is 0.211. The van der Waals surface area contributed by atoms with Gasteiger partial charge in [0.2, 0.25) is 0 Å². The van der Waals surface area contributed by atoms with E-state index in [0.717, 1.165) is 24.5 Å². The Morgan fingerprint density at radius 2 is 2.25 bits per heavy atom. The molecule has 0 saturated heterocycles. The Bertz CT molecular complexity index is 645. The standard InChI is InChI=1S/C16H19N3O/c1-11-7-13(19(2)18-11)8-16(20)15-10-17-9-12-5-3-4-6-14(12)15/h3-7,15,17H,8-10H2,1-2H3. The van der Waals surface area contributed by atoms with Crippen molar-refractivity contribution < 1.29 is 4.79 Å². The maximum atomic E-state index is 12.6. The molecule has 0 fully saturated rings. The van der Waals surface area contributed by atoms with Gasteiger partial charge in [-0.2, -0.15) is 5.10 Å². The lowest BCUT2D eigenvalue weighted by Gasteiger charge is -2.25. The van der Waals surface area contributed by atoms with Crippen molar-refractivity contribution in [2.75, 3.05) is 6.54 Å². The van der Waals surface area contributed by atoms with Crippen LogP contribution in [-0.2, 0) is 24.8 Å². The predicted molar refractivity (Wildman–Crippen MR) is 77.5 cm³/mol. The molecule has 104 valence electrons. The largest absolute Gasteiger partial charge is 0.312 e. The first-order valence-electron chi connectivity index (χ1n) is 6.96. The number of ketones is 1. The molecular formula is C16H19N3O. The lowest BCUT2D eigenvalue weighted by Crippen LogP contribution is -2.33. The van der Waals surface area contributed by atoms with Crippen molar-refractivity contribution in [3.8, 4) is 0 Å². The molecular weight excluding hydrogens is 250 g/mol. The molecule has 1 unspecified atom stereocenters. The third-order valence-electron chi connectivity index (χ3n) is 3.94. The zero-order chi connectivity index (χ0) is 14.1. The van der Waals surface area contributed by atoms with Gasteiger partial charge in [0, 0.05) is 32.3 Å². The van der Waals surface area contributed by atoms with Crippen LogP contribution in [0.5, 0.6) is 0 Å². The van der Waals surface area contributed by atoms with Gasteiger partial charge in [-0.15, -0.1) is 0 Å². The second-order valence-electron chi connectivity index (χ2n) is 5.43. The van der Waals surface area contributed by atoms with E-state index in [0.29, 0.717) is 6.42 Å². The van der Waals surface area contributed by atoms with Crippen molar-refractivity contribution in [1.29, 1.82) is 0 Å². The van der Waals surface area contributed by atoms with Crippen molar-refractivity contribution >= 4 is 5.78 Å². The van der Waals surface area contributed by atoms with Gasteiger partial charge in [-0.3, -0.25) is 9.48 Å². The number of hydrogen-bond acceptors (Lipinski definition) is 3. The molecule has 0 aliphatic carbocycles. The van der Waals surface area contributed by atoms with Gasteiger partial charge in [0.15, 0.2) is 0 Å². The summed E-state index contributed by atoms with van der Waals surface area (Å²) in [6, 6.07) is 10.2. The van der Waals surface area contributed by atoms with Crippen LogP contribution >= 0.6 is 0 Å². The molecule has 1 aromatic carbocycles. The maximum absolute atomic E-state index is 12.6. The maximum Gasteiger partial charge on any atom is 0.147 e. The van der Waals surface area contributed by atoms with Crippen LogP contribution in [0.1, 0.15) is 28.4 Å². The van der Waals surface area contributed by atoms with Gasteiger partial charge in [0.25, 0.3) is 0 Å². The van der Waals surface area contributed by atoms with E-state index in [1.165, 1.54) is 11.1 Å². The van der Waals surface area contributed by atoms with Crippen LogP contribution in [0.25, 0.3) is 0 Å². The molecule has 4 nitrogen and oxygen atoms in total. The molecule has 0 radical (unpaired) electrons. The second-order valence-corrected chi connectivity index (χ2v) is 5.43. The van der Waals surface area contributed by atoms with Crippen molar-refractivity contribution in [2.24, 2.45) is 7.05 Å². The fourth-order valence-corrected chi connectivity index (χ4v) is 2.91. The highest BCUT2D eigenvalue weighted by Crippen LogP contribution is 2.25. The number of hydrogen-bond donors (Lipinski definition) is 1. The molecule has 4 heteroatoms. The Balaban J connectivity index is 1.83. The monoisotopic (exact) mass is 269 g/mol. The average molecular weight is 269 g/mol. The lowest BCUT2D eigenvalue weighted by atomic mass is 9.86. The Kier molecular flexibility index (Phi) is 3.40. The Morgan fingerprint density at radius 3 is 3.00 bits per heavy atom. The summed E-state index contributed by atoms with van der Waals surface area (Å²) in [7, 11) is 1.89. The van der Waals surface area contributed by atoms with Gasteiger partial charge in [-0.1, -0.05) is 24.3 Å². The van der Waals surface area contributed by atoms with E-state index in [1.54, 1.807) is 4.68 Å². The zero-order valence-corrected chi connectivity index (χ0v) is 11.9. The van der Waals surface area contributed by atoms with Gasteiger partial charge >= 0.3 is 0 Å². The second kappa shape index (κ2) is 5.21. The fraction of sp³-hybridized carbons (Fsp3) is 0.375. The molecule has 0 spiro atoms. The third-order valence-corrected chi connectivity index (χ3v) is 3.94. The molecule has 1 aliphatic rings. The van der Waals surface area contributed by atoms with Crippen LogP contribution in [0.15, 0.2) is 30.3 Å². The van der Waals surface area contributed by atoms with Gasteiger partial charge in [0.05, 0.1) is 11.6 Å². The molecule has 1 N–H and O–H groups in total. The molecule has 0 bridgehead atoms. The number of nitrogens with zero attached hydrogens (tertiary/aromatic N) is 2. The number of aromatic nitrogens is 2. The van der Waals surface area contributed by atoms with Crippen LogP contribution in [0.2, 0.25) is 0 Å². The highest BCUT2D eigenvalue weighted by molar-refractivity contribution is 5.88. The summed E-state index contributed by atoms with van der Waals surface area (Å²) < 4.78 is 1.80.